The van der Waals surface area contributed by atoms with Gasteiger partial charge in [0.25, 0.3) is 0 Å². The summed E-state index contributed by atoms with van der Waals surface area (Å²) >= 11 is 0. The molecule has 14 nitrogen and oxygen atoms in total. The van der Waals surface area contributed by atoms with Gasteiger partial charge >= 0.3 is 5.97 Å². The Bertz CT molecular complexity index is 701. The van der Waals surface area contributed by atoms with Gasteiger partial charge in [-0.15, -0.1) is 0 Å². The van der Waals surface area contributed by atoms with E-state index in [0.29, 0.717) is 19.4 Å². The van der Waals surface area contributed by atoms with E-state index in [1.165, 1.54) is 6.92 Å². The van der Waals surface area contributed by atoms with Crippen LogP contribution in [-0.2, 0) is 28.8 Å². The third kappa shape index (κ3) is 11.8. The van der Waals surface area contributed by atoms with Crippen molar-refractivity contribution < 1.29 is 33.9 Å². The average Bonchev–Trinajstić information content (AvgIpc) is 2.69. The van der Waals surface area contributed by atoms with Crippen LogP contribution < -0.4 is 38.9 Å². The van der Waals surface area contributed by atoms with Gasteiger partial charge in [0.2, 0.25) is 29.5 Å². The van der Waals surface area contributed by atoms with E-state index in [1.807, 2.05) is 0 Å². The second-order valence-corrected chi connectivity index (χ2v) is 7.26. The van der Waals surface area contributed by atoms with Gasteiger partial charge in [0, 0.05) is 6.42 Å². The molecule has 0 saturated heterocycles. The van der Waals surface area contributed by atoms with Crippen molar-refractivity contribution in [2.75, 3.05) is 6.54 Å². The number of hydrogen-bond acceptors (Lipinski definition) is 8. The zero-order valence-electron chi connectivity index (χ0n) is 18.0. The second kappa shape index (κ2) is 14.7. The van der Waals surface area contributed by atoms with Crippen LogP contribution >= 0.6 is 0 Å². The molecule has 182 valence electrons. The number of aliphatic carboxylic acids is 1. The van der Waals surface area contributed by atoms with Crippen molar-refractivity contribution in [1.82, 2.24) is 16.0 Å². The molecule has 0 aliphatic carbocycles. The summed E-state index contributed by atoms with van der Waals surface area (Å²) < 4.78 is 0. The average molecular weight is 460 g/mol. The van der Waals surface area contributed by atoms with Crippen LogP contribution in [0.2, 0.25) is 0 Å². The minimum absolute atomic E-state index is 0.0801. The van der Waals surface area contributed by atoms with Crippen LogP contribution in [0.1, 0.15) is 45.4 Å². The third-order valence-electron chi connectivity index (χ3n) is 4.39. The topological polar surface area (TPSA) is 263 Å². The van der Waals surface area contributed by atoms with E-state index in [4.69, 9.17) is 28.0 Å². The number of unbranched alkanes of at least 4 members (excludes halogenated alkanes) is 1. The van der Waals surface area contributed by atoms with Crippen LogP contribution in [0.5, 0.6) is 0 Å². The molecule has 4 unspecified atom stereocenters. The summed E-state index contributed by atoms with van der Waals surface area (Å²) in [5.41, 5.74) is 21.3. The molecule has 0 aromatic heterocycles. The lowest BCUT2D eigenvalue weighted by atomic mass is 10.1. The first-order chi connectivity index (χ1) is 14.9. The van der Waals surface area contributed by atoms with Crippen molar-refractivity contribution in [2.45, 2.75) is 69.6 Å². The highest BCUT2D eigenvalue weighted by atomic mass is 16.4. The lowest BCUT2D eigenvalue weighted by Crippen LogP contribution is -2.57. The first-order valence-electron chi connectivity index (χ1n) is 10.0. The molecule has 0 aromatic carbocycles. The molecule has 0 heterocycles. The van der Waals surface area contributed by atoms with Crippen LogP contribution in [-0.4, -0.2) is 71.3 Å². The molecule has 0 saturated carbocycles. The Hall–Kier alpha value is -3.26. The third-order valence-corrected chi connectivity index (χ3v) is 4.39. The standard InChI is InChI=1S/C18H33N7O7/c1-9(18(31)32)23-16(29)11(4-2-3-7-19)24-17(30)12(8-14(22)27)25-15(28)10(20)5-6-13(21)26/h9-12H,2-8,19-20H2,1H3,(H2,21,26)(H2,22,27)(H,23,29)(H,24,30)(H,25,28)(H,31,32). The summed E-state index contributed by atoms with van der Waals surface area (Å²) in [6.07, 6.45) is 0.306. The quantitative estimate of drug-likeness (QED) is 0.105. The maximum atomic E-state index is 12.7. The summed E-state index contributed by atoms with van der Waals surface area (Å²) in [6, 6.07) is -4.97. The number of carbonyl (C=O) groups excluding carboxylic acids is 5. The van der Waals surface area contributed by atoms with E-state index in [-0.39, 0.29) is 19.3 Å². The van der Waals surface area contributed by atoms with E-state index in [9.17, 15) is 28.8 Å². The van der Waals surface area contributed by atoms with Gasteiger partial charge in [-0.2, -0.15) is 0 Å². The largest absolute Gasteiger partial charge is 0.480 e. The molecule has 4 atom stereocenters. The number of amides is 5. The molecular formula is C18H33N7O7. The van der Waals surface area contributed by atoms with Gasteiger partial charge < -0.3 is 44.0 Å². The molecule has 32 heavy (non-hydrogen) atoms. The predicted octanol–water partition coefficient (Wildman–Crippen LogP) is -3.86. The van der Waals surface area contributed by atoms with Crippen molar-refractivity contribution in [3.05, 3.63) is 0 Å². The van der Waals surface area contributed by atoms with Gasteiger partial charge in [0.1, 0.15) is 18.1 Å². The fraction of sp³-hybridized carbons (Fsp3) is 0.667. The molecular weight excluding hydrogens is 426 g/mol. The zero-order chi connectivity index (χ0) is 24.8. The molecule has 12 N–H and O–H groups in total. The maximum Gasteiger partial charge on any atom is 0.325 e. The summed E-state index contributed by atoms with van der Waals surface area (Å²) in [7, 11) is 0. The van der Waals surface area contributed by atoms with Gasteiger partial charge in [-0.1, -0.05) is 0 Å². The Morgan fingerprint density at radius 3 is 1.88 bits per heavy atom. The number of carboxylic acids is 1. The fourth-order valence-corrected chi connectivity index (χ4v) is 2.53. The molecule has 0 bridgehead atoms. The summed E-state index contributed by atoms with van der Waals surface area (Å²) in [5, 5.41) is 15.9. The van der Waals surface area contributed by atoms with Crippen LogP contribution in [0.3, 0.4) is 0 Å². The zero-order valence-corrected chi connectivity index (χ0v) is 18.0. The first kappa shape index (κ1) is 28.7. The highest BCUT2D eigenvalue weighted by Crippen LogP contribution is 2.04. The van der Waals surface area contributed by atoms with Gasteiger partial charge in [-0.05, 0) is 39.2 Å². The number of carbonyl (C=O) groups is 6. The van der Waals surface area contributed by atoms with E-state index in [1.54, 1.807) is 0 Å². The number of nitrogens with one attached hydrogen (secondary N) is 3. The minimum atomic E-state index is -1.44. The van der Waals surface area contributed by atoms with E-state index < -0.39 is 66.1 Å². The lowest BCUT2D eigenvalue weighted by molar-refractivity contribution is -0.142. The van der Waals surface area contributed by atoms with Crippen molar-refractivity contribution in [3.8, 4) is 0 Å². The van der Waals surface area contributed by atoms with Crippen LogP contribution in [0.4, 0.5) is 0 Å². The second-order valence-electron chi connectivity index (χ2n) is 7.26. The van der Waals surface area contributed by atoms with Crippen molar-refractivity contribution in [3.63, 3.8) is 0 Å². The van der Waals surface area contributed by atoms with Gasteiger partial charge in [-0.3, -0.25) is 28.8 Å². The molecule has 0 rings (SSSR count). The van der Waals surface area contributed by atoms with Crippen molar-refractivity contribution in [2.24, 2.45) is 22.9 Å². The van der Waals surface area contributed by atoms with Crippen LogP contribution in [0.25, 0.3) is 0 Å². The Labute approximate surface area is 185 Å². The summed E-state index contributed by atoms with van der Waals surface area (Å²) in [5.74, 6) is -5.31. The number of primary amides is 2. The Balaban J connectivity index is 5.33. The Morgan fingerprint density at radius 2 is 1.38 bits per heavy atom. The number of hydrogen-bond donors (Lipinski definition) is 8. The normalized spacial score (nSPS) is 14.3. The molecule has 0 aromatic rings. The van der Waals surface area contributed by atoms with Crippen molar-refractivity contribution >= 4 is 35.5 Å². The monoisotopic (exact) mass is 459 g/mol. The molecule has 0 aliphatic heterocycles. The highest BCUT2D eigenvalue weighted by Gasteiger charge is 2.30. The molecule has 0 radical (unpaired) electrons. The minimum Gasteiger partial charge on any atom is -0.480 e. The number of rotatable bonds is 16. The number of nitrogens with two attached hydrogens (primary N) is 4. The van der Waals surface area contributed by atoms with Crippen LogP contribution in [0, 0.1) is 0 Å². The SMILES string of the molecule is CC(NC(=O)C(CCCCN)NC(=O)C(CC(N)=O)NC(=O)C(N)CCC(N)=O)C(=O)O. The van der Waals surface area contributed by atoms with E-state index in [2.05, 4.69) is 16.0 Å². The highest BCUT2D eigenvalue weighted by molar-refractivity contribution is 5.96. The van der Waals surface area contributed by atoms with Gasteiger partial charge in [0.15, 0.2) is 0 Å². The molecule has 0 fully saturated rings. The Kier molecular flexibility index (Phi) is 13.2. The molecule has 14 heteroatoms. The number of carboxylic acid groups (broad SMARTS) is 1. The lowest BCUT2D eigenvalue weighted by Gasteiger charge is -2.24. The fourth-order valence-electron chi connectivity index (χ4n) is 2.53. The molecule has 0 spiro atoms. The van der Waals surface area contributed by atoms with Crippen LogP contribution in [0.15, 0.2) is 0 Å². The van der Waals surface area contributed by atoms with E-state index >= 15 is 0 Å². The first-order valence-corrected chi connectivity index (χ1v) is 10.0. The smallest absolute Gasteiger partial charge is 0.325 e. The van der Waals surface area contributed by atoms with E-state index in [0.717, 1.165) is 0 Å². The van der Waals surface area contributed by atoms with Crippen molar-refractivity contribution in [1.29, 1.82) is 0 Å². The molecule has 0 aliphatic rings. The van der Waals surface area contributed by atoms with Gasteiger partial charge in [-0.25, -0.2) is 0 Å². The Morgan fingerprint density at radius 1 is 0.812 bits per heavy atom. The van der Waals surface area contributed by atoms with Gasteiger partial charge in [0.05, 0.1) is 12.5 Å². The predicted molar refractivity (Wildman–Crippen MR) is 112 cm³/mol. The molecule has 5 amide bonds. The summed E-state index contributed by atoms with van der Waals surface area (Å²) in [6.45, 7) is 1.60. The summed E-state index contributed by atoms with van der Waals surface area (Å²) in [4.78, 5) is 70.6. The maximum absolute atomic E-state index is 12.7.